The zero-order valence-electron chi connectivity index (χ0n) is 12.6. The van der Waals surface area contributed by atoms with Crippen molar-refractivity contribution in [3.8, 4) is 5.75 Å². The number of rotatable bonds is 6. The lowest BCUT2D eigenvalue weighted by Crippen LogP contribution is -2.30. The van der Waals surface area contributed by atoms with Gasteiger partial charge in [0.2, 0.25) is 0 Å². The summed E-state index contributed by atoms with van der Waals surface area (Å²) in [5.41, 5.74) is 8.06. The third-order valence-corrected chi connectivity index (χ3v) is 3.31. The summed E-state index contributed by atoms with van der Waals surface area (Å²) in [5.74, 6) is 0.803. The van der Waals surface area contributed by atoms with Crippen molar-refractivity contribution in [1.29, 1.82) is 0 Å². The van der Waals surface area contributed by atoms with Crippen LogP contribution in [0.25, 0.3) is 0 Å². The van der Waals surface area contributed by atoms with Crippen LogP contribution >= 0.6 is 0 Å². The maximum absolute atomic E-state index is 10.4. The number of ether oxygens (including phenoxy) is 1. The second kappa shape index (κ2) is 7.25. The van der Waals surface area contributed by atoms with Crippen LogP contribution in [0.4, 0.5) is 0 Å². The maximum atomic E-state index is 10.4. The summed E-state index contributed by atoms with van der Waals surface area (Å²) in [6, 6.07) is 17.1. The molecule has 3 nitrogen and oxygen atoms in total. The van der Waals surface area contributed by atoms with E-state index in [0.717, 1.165) is 16.9 Å². The third-order valence-electron chi connectivity index (χ3n) is 3.31. The van der Waals surface area contributed by atoms with Crippen molar-refractivity contribution in [2.75, 3.05) is 0 Å². The van der Waals surface area contributed by atoms with Gasteiger partial charge in [0, 0.05) is 6.04 Å². The highest BCUT2D eigenvalue weighted by atomic mass is 16.5. The van der Waals surface area contributed by atoms with Crippen molar-refractivity contribution < 1.29 is 9.84 Å². The summed E-state index contributed by atoms with van der Waals surface area (Å²) < 4.78 is 5.59. The van der Waals surface area contributed by atoms with E-state index in [4.69, 9.17) is 10.5 Å². The molecule has 0 heterocycles. The first-order valence-electron chi connectivity index (χ1n) is 7.30. The molecule has 2 unspecified atom stereocenters. The van der Waals surface area contributed by atoms with Crippen LogP contribution in [0.1, 0.15) is 31.1 Å². The van der Waals surface area contributed by atoms with Gasteiger partial charge in [-0.25, -0.2) is 0 Å². The molecule has 0 aliphatic heterocycles. The second-order valence-corrected chi connectivity index (χ2v) is 5.53. The molecule has 0 aliphatic carbocycles. The topological polar surface area (TPSA) is 55.5 Å². The van der Waals surface area contributed by atoms with Crippen molar-refractivity contribution in [2.24, 2.45) is 5.73 Å². The van der Waals surface area contributed by atoms with Gasteiger partial charge in [0.25, 0.3) is 0 Å². The zero-order valence-corrected chi connectivity index (χ0v) is 12.6. The maximum Gasteiger partial charge on any atom is 0.119 e. The molecule has 0 radical (unpaired) electrons. The molecule has 2 aromatic rings. The first kappa shape index (κ1) is 15.5. The van der Waals surface area contributed by atoms with Crippen molar-refractivity contribution >= 4 is 0 Å². The van der Waals surface area contributed by atoms with Crippen LogP contribution < -0.4 is 10.5 Å². The van der Waals surface area contributed by atoms with Crippen molar-refractivity contribution in [1.82, 2.24) is 0 Å². The Balaban J connectivity index is 2.00. The quantitative estimate of drug-likeness (QED) is 0.857. The van der Waals surface area contributed by atoms with Gasteiger partial charge in [0.1, 0.15) is 5.75 Å². The number of nitrogens with two attached hydrogens (primary N) is 1. The Labute approximate surface area is 126 Å². The minimum atomic E-state index is -0.682. The highest BCUT2D eigenvalue weighted by Gasteiger charge is 2.17. The molecule has 0 bridgehead atoms. The molecule has 0 fully saturated rings. The average molecular weight is 285 g/mol. The molecule has 0 amide bonds. The van der Waals surface area contributed by atoms with Crippen LogP contribution in [0, 0.1) is 0 Å². The molecule has 2 rings (SSSR count). The fraction of sp³-hybridized carbons (Fsp3) is 0.333. The van der Waals surface area contributed by atoms with Crippen LogP contribution in [0.5, 0.6) is 5.75 Å². The van der Waals surface area contributed by atoms with E-state index in [1.165, 1.54) is 0 Å². The van der Waals surface area contributed by atoms with Crippen LogP contribution in [0.2, 0.25) is 0 Å². The van der Waals surface area contributed by atoms with Gasteiger partial charge in [0.05, 0.1) is 12.2 Å². The standard InChI is InChI=1S/C18H23NO2/c1-13(2)21-16-10-8-15(9-11-16)18(20)17(19)12-14-6-4-3-5-7-14/h3-11,13,17-18,20H,12,19H2,1-2H3. The van der Waals surface area contributed by atoms with Gasteiger partial charge >= 0.3 is 0 Å². The highest BCUT2D eigenvalue weighted by molar-refractivity contribution is 5.29. The van der Waals surface area contributed by atoms with E-state index in [9.17, 15) is 5.11 Å². The zero-order chi connectivity index (χ0) is 15.2. The molecule has 3 heteroatoms. The summed E-state index contributed by atoms with van der Waals surface area (Å²) in [6.45, 7) is 3.97. The van der Waals surface area contributed by atoms with Crippen LogP contribution in [0.15, 0.2) is 54.6 Å². The molecule has 2 aromatic carbocycles. The minimum Gasteiger partial charge on any atom is -0.491 e. The number of aliphatic hydroxyl groups excluding tert-OH is 1. The van der Waals surface area contributed by atoms with E-state index in [1.54, 1.807) is 0 Å². The number of hydrogen-bond acceptors (Lipinski definition) is 3. The first-order chi connectivity index (χ1) is 10.1. The Kier molecular flexibility index (Phi) is 5.37. The molecule has 0 spiro atoms. The fourth-order valence-corrected chi connectivity index (χ4v) is 2.26. The molecule has 3 N–H and O–H groups in total. The molecule has 21 heavy (non-hydrogen) atoms. The average Bonchev–Trinajstić information content (AvgIpc) is 2.47. The fourth-order valence-electron chi connectivity index (χ4n) is 2.26. The minimum absolute atomic E-state index is 0.140. The first-order valence-corrected chi connectivity index (χ1v) is 7.30. The van der Waals surface area contributed by atoms with Crippen LogP contribution in [-0.4, -0.2) is 17.3 Å². The van der Waals surface area contributed by atoms with Crippen LogP contribution in [0.3, 0.4) is 0 Å². The predicted molar refractivity (Wildman–Crippen MR) is 85.3 cm³/mol. The molecule has 0 saturated carbocycles. The Morgan fingerprint density at radius 2 is 1.62 bits per heavy atom. The molecule has 112 valence electrons. The summed E-state index contributed by atoms with van der Waals surface area (Å²) in [7, 11) is 0. The largest absolute Gasteiger partial charge is 0.491 e. The van der Waals surface area contributed by atoms with Gasteiger partial charge in [0.15, 0.2) is 0 Å². The van der Waals surface area contributed by atoms with Gasteiger partial charge < -0.3 is 15.6 Å². The normalized spacial score (nSPS) is 14.0. The van der Waals surface area contributed by atoms with Crippen molar-refractivity contribution in [2.45, 2.75) is 38.5 Å². The summed E-state index contributed by atoms with van der Waals surface area (Å²) in [4.78, 5) is 0. The highest BCUT2D eigenvalue weighted by Crippen LogP contribution is 2.22. The number of benzene rings is 2. The summed E-state index contributed by atoms with van der Waals surface area (Å²) >= 11 is 0. The van der Waals surface area contributed by atoms with E-state index >= 15 is 0 Å². The molecule has 0 aromatic heterocycles. The van der Waals surface area contributed by atoms with Crippen molar-refractivity contribution in [3.63, 3.8) is 0 Å². The van der Waals surface area contributed by atoms with Crippen LogP contribution in [-0.2, 0) is 6.42 Å². The van der Waals surface area contributed by atoms with E-state index < -0.39 is 6.10 Å². The van der Waals surface area contributed by atoms with E-state index in [2.05, 4.69) is 0 Å². The second-order valence-electron chi connectivity index (χ2n) is 5.53. The Bertz CT molecular complexity index is 537. The molecule has 0 saturated heterocycles. The monoisotopic (exact) mass is 285 g/mol. The van der Waals surface area contributed by atoms with Gasteiger partial charge in [-0.3, -0.25) is 0 Å². The lowest BCUT2D eigenvalue weighted by Gasteiger charge is -2.20. The van der Waals surface area contributed by atoms with Crippen molar-refractivity contribution in [3.05, 3.63) is 65.7 Å². The van der Waals surface area contributed by atoms with E-state index in [1.807, 2.05) is 68.4 Å². The lowest BCUT2D eigenvalue weighted by atomic mass is 9.97. The summed E-state index contributed by atoms with van der Waals surface area (Å²) in [5, 5.41) is 10.4. The van der Waals surface area contributed by atoms with Gasteiger partial charge in [-0.1, -0.05) is 42.5 Å². The van der Waals surface area contributed by atoms with Gasteiger partial charge in [-0.15, -0.1) is 0 Å². The molecule has 2 atom stereocenters. The molecular formula is C18H23NO2. The summed E-state index contributed by atoms with van der Waals surface area (Å²) in [6.07, 6.45) is 0.103. The Morgan fingerprint density at radius 3 is 2.19 bits per heavy atom. The van der Waals surface area contributed by atoms with E-state index in [0.29, 0.717) is 6.42 Å². The van der Waals surface area contributed by atoms with Gasteiger partial charge in [-0.2, -0.15) is 0 Å². The van der Waals surface area contributed by atoms with E-state index in [-0.39, 0.29) is 12.1 Å². The molecule has 0 aliphatic rings. The number of hydrogen-bond donors (Lipinski definition) is 2. The Hall–Kier alpha value is -1.84. The predicted octanol–water partition coefficient (Wildman–Crippen LogP) is 3.08. The number of aliphatic hydroxyl groups is 1. The van der Waals surface area contributed by atoms with Gasteiger partial charge in [-0.05, 0) is 43.5 Å². The Morgan fingerprint density at radius 1 is 1.00 bits per heavy atom. The smallest absolute Gasteiger partial charge is 0.119 e. The third kappa shape index (κ3) is 4.59. The lowest BCUT2D eigenvalue weighted by molar-refractivity contribution is 0.146. The SMILES string of the molecule is CC(C)Oc1ccc(C(O)C(N)Cc2ccccc2)cc1. The molecular weight excluding hydrogens is 262 g/mol.